The lowest BCUT2D eigenvalue weighted by Gasteiger charge is -2.03. The Morgan fingerprint density at radius 2 is 1.20 bits per heavy atom. The van der Waals surface area contributed by atoms with Gasteiger partial charge in [0.05, 0.1) is 25.3 Å². The standard InChI is InChI=1S/2C6H13N3O.H2O4S/c2*7-6(8)9-4-5-2-1-3-10-5;1-5(2,3)4/h2*5H,1-4H2,(H4,7,8,9);(H2,1,2,3,4). The zero-order valence-corrected chi connectivity index (χ0v) is 14.8. The van der Waals surface area contributed by atoms with Crippen LogP contribution in [-0.4, -0.2) is 68.0 Å². The van der Waals surface area contributed by atoms with E-state index >= 15 is 0 Å². The lowest BCUT2D eigenvalue weighted by molar-refractivity contribution is 0.117. The van der Waals surface area contributed by atoms with Crippen LogP contribution in [0.5, 0.6) is 0 Å². The van der Waals surface area contributed by atoms with Crippen molar-refractivity contribution in [1.29, 1.82) is 0 Å². The third-order valence-corrected chi connectivity index (χ3v) is 3.00. The summed E-state index contributed by atoms with van der Waals surface area (Å²) in [7, 11) is -4.67. The lowest BCUT2D eigenvalue weighted by Crippen LogP contribution is -2.24. The van der Waals surface area contributed by atoms with Gasteiger partial charge < -0.3 is 32.4 Å². The first-order valence-corrected chi connectivity index (χ1v) is 9.01. The molecule has 13 heteroatoms. The summed E-state index contributed by atoms with van der Waals surface area (Å²) < 4.78 is 42.2. The number of hydrogen-bond donors (Lipinski definition) is 6. The Morgan fingerprint density at radius 1 is 0.880 bits per heavy atom. The molecule has 2 aliphatic rings. The summed E-state index contributed by atoms with van der Waals surface area (Å²) in [5, 5.41) is 0. The van der Waals surface area contributed by atoms with Crippen LogP contribution in [0, 0.1) is 0 Å². The van der Waals surface area contributed by atoms with E-state index in [0.717, 1.165) is 38.9 Å². The molecule has 2 saturated heterocycles. The third-order valence-electron chi connectivity index (χ3n) is 3.00. The Labute approximate surface area is 147 Å². The van der Waals surface area contributed by atoms with E-state index in [0.29, 0.717) is 13.1 Å². The van der Waals surface area contributed by atoms with Crippen molar-refractivity contribution in [3.8, 4) is 0 Å². The monoisotopic (exact) mass is 384 g/mol. The van der Waals surface area contributed by atoms with Gasteiger partial charge in [0, 0.05) is 13.2 Å². The van der Waals surface area contributed by atoms with E-state index in [-0.39, 0.29) is 24.1 Å². The maximum absolute atomic E-state index is 8.74. The highest BCUT2D eigenvalue weighted by Crippen LogP contribution is 2.12. The molecule has 2 aliphatic heterocycles. The predicted octanol–water partition coefficient (Wildman–Crippen LogP) is -1.78. The van der Waals surface area contributed by atoms with Crippen LogP contribution in [0.3, 0.4) is 0 Å². The van der Waals surface area contributed by atoms with E-state index in [4.69, 9.17) is 49.9 Å². The number of ether oxygens (including phenoxy) is 2. The maximum Gasteiger partial charge on any atom is 0.394 e. The van der Waals surface area contributed by atoms with Gasteiger partial charge in [0.15, 0.2) is 11.9 Å². The minimum absolute atomic E-state index is 0.149. The van der Waals surface area contributed by atoms with Gasteiger partial charge in [0.2, 0.25) is 0 Å². The summed E-state index contributed by atoms with van der Waals surface area (Å²) >= 11 is 0. The molecule has 2 atom stereocenters. The molecule has 0 aromatic heterocycles. The highest BCUT2D eigenvalue weighted by Gasteiger charge is 2.14. The molecule has 148 valence electrons. The molecule has 0 saturated carbocycles. The quantitative estimate of drug-likeness (QED) is 0.182. The van der Waals surface area contributed by atoms with Gasteiger partial charge in [0.1, 0.15) is 0 Å². The first kappa shape index (κ1) is 23.3. The summed E-state index contributed by atoms with van der Waals surface area (Å²) in [5.74, 6) is 0.297. The predicted molar refractivity (Wildman–Crippen MR) is 93.5 cm³/mol. The van der Waals surface area contributed by atoms with Crippen LogP contribution in [0.4, 0.5) is 0 Å². The van der Waals surface area contributed by atoms with Crippen molar-refractivity contribution in [1.82, 2.24) is 0 Å². The maximum atomic E-state index is 8.74. The van der Waals surface area contributed by atoms with Crippen molar-refractivity contribution in [3.63, 3.8) is 0 Å². The number of aliphatic imine (C=N–C) groups is 2. The minimum Gasteiger partial charge on any atom is -0.376 e. The summed E-state index contributed by atoms with van der Waals surface area (Å²) in [6, 6.07) is 0. The lowest BCUT2D eigenvalue weighted by atomic mass is 10.2. The summed E-state index contributed by atoms with van der Waals surface area (Å²) in [5.41, 5.74) is 20.6. The minimum atomic E-state index is -4.67. The molecule has 10 N–H and O–H groups in total. The molecule has 0 aromatic carbocycles. The van der Waals surface area contributed by atoms with E-state index in [1.165, 1.54) is 0 Å². The summed E-state index contributed by atoms with van der Waals surface area (Å²) in [6.07, 6.45) is 4.92. The van der Waals surface area contributed by atoms with Crippen molar-refractivity contribution in [2.24, 2.45) is 32.9 Å². The molecule has 0 bridgehead atoms. The van der Waals surface area contributed by atoms with E-state index < -0.39 is 10.4 Å². The van der Waals surface area contributed by atoms with Crippen LogP contribution in [0.2, 0.25) is 0 Å². The van der Waals surface area contributed by atoms with Gasteiger partial charge >= 0.3 is 10.4 Å². The fourth-order valence-corrected chi connectivity index (χ4v) is 1.99. The average Bonchev–Trinajstić information content (AvgIpc) is 3.15. The average molecular weight is 384 g/mol. The largest absolute Gasteiger partial charge is 0.394 e. The molecule has 0 aromatic rings. The summed E-state index contributed by atoms with van der Waals surface area (Å²) in [6.45, 7) is 2.93. The van der Waals surface area contributed by atoms with Crippen LogP contribution < -0.4 is 22.9 Å². The zero-order valence-electron chi connectivity index (χ0n) is 14.0. The first-order valence-electron chi connectivity index (χ1n) is 7.61. The van der Waals surface area contributed by atoms with Crippen LogP contribution in [0.15, 0.2) is 9.98 Å². The second-order valence-corrected chi connectivity index (χ2v) is 6.14. The Bertz CT molecular complexity index is 466. The number of hydrogen-bond acceptors (Lipinski definition) is 6. The van der Waals surface area contributed by atoms with E-state index in [1.54, 1.807) is 0 Å². The molecule has 2 fully saturated rings. The number of rotatable bonds is 4. The van der Waals surface area contributed by atoms with Gasteiger partial charge in [-0.2, -0.15) is 8.42 Å². The summed E-state index contributed by atoms with van der Waals surface area (Å²) in [4.78, 5) is 7.71. The van der Waals surface area contributed by atoms with Crippen LogP contribution in [0.1, 0.15) is 25.7 Å². The third kappa shape index (κ3) is 18.5. The second kappa shape index (κ2) is 12.7. The molecule has 0 aliphatic carbocycles. The van der Waals surface area contributed by atoms with Crippen molar-refractivity contribution >= 4 is 22.3 Å². The highest BCUT2D eigenvalue weighted by atomic mass is 32.3. The number of guanidine groups is 2. The molecule has 0 radical (unpaired) electrons. The van der Waals surface area contributed by atoms with Crippen LogP contribution in [0.25, 0.3) is 0 Å². The van der Waals surface area contributed by atoms with Gasteiger partial charge in [-0.05, 0) is 25.7 Å². The number of nitrogens with zero attached hydrogens (tertiary/aromatic N) is 2. The highest BCUT2D eigenvalue weighted by molar-refractivity contribution is 7.79. The Morgan fingerprint density at radius 3 is 1.40 bits per heavy atom. The topological polar surface area (TPSA) is 222 Å². The van der Waals surface area contributed by atoms with Crippen molar-refractivity contribution in [2.45, 2.75) is 37.9 Å². The van der Waals surface area contributed by atoms with E-state index in [9.17, 15) is 0 Å². The van der Waals surface area contributed by atoms with Crippen LogP contribution >= 0.6 is 0 Å². The van der Waals surface area contributed by atoms with Gasteiger partial charge in [-0.3, -0.25) is 19.1 Å². The normalized spacial score (nSPS) is 22.0. The SMILES string of the molecule is NC(N)=NCC1CCCO1.NC(N)=NCC1CCCO1.O=S(=O)(O)O. The van der Waals surface area contributed by atoms with Crippen LogP contribution in [-0.2, 0) is 19.9 Å². The number of nitrogens with two attached hydrogens (primary N) is 4. The second-order valence-electron chi connectivity index (χ2n) is 5.25. The van der Waals surface area contributed by atoms with E-state index in [2.05, 4.69) is 9.98 Å². The zero-order chi connectivity index (χ0) is 19.3. The Hall–Kier alpha value is -1.67. The van der Waals surface area contributed by atoms with Gasteiger partial charge in [-0.15, -0.1) is 0 Å². The van der Waals surface area contributed by atoms with Crippen molar-refractivity contribution in [2.75, 3.05) is 26.3 Å². The molecule has 2 unspecified atom stereocenters. The fourth-order valence-electron chi connectivity index (χ4n) is 1.99. The Balaban J connectivity index is 0.000000368. The smallest absolute Gasteiger partial charge is 0.376 e. The van der Waals surface area contributed by atoms with E-state index in [1.807, 2.05) is 0 Å². The molecule has 25 heavy (non-hydrogen) atoms. The molecule has 2 heterocycles. The molecular formula is C12H28N6O6S. The molecule has 2 rings (SSSR count). The molecule has 0 spiro atoms. The van der Waals surface area contributed by atoms with Gasteiger partial charge in [0.25, 0.3) is 0 Å². The van der Waals surface area contributed by atoms with Crippen molar-refractivity contribution < 1.29 is 27.0 Å². The van der Waals surface area contributed by atoms with Gasteiger partial charge in [-0.25, -0.2) is 0 Å². The van der Waals surface area contributed by atoms with Gasteiger partial charge in [-0.1, -0.05) is 0 Å². The molecular weight excluding hydrogens is 356 g/mol. The first-order chi connectivity index (χ1) is 11.6. The Kier molecular flexibility index (Phi) is 11.8. The molecule has 12 nitrogen and oxygen atoms in total. The van der Waals surface area contributed by atoms with Crippen molar-refractivity contribution in [3.05, 3.63) is 0 Å². The fraction of sp³-hybridized carbons (Fsp3) is 0.833. The molecule has 0 amide bonds.